The van der Waals surface area contributed by atoms with Gasteiger partial charge in [0, 0.05) is 36.9 Å². The number of nitrogens with two attached hydrogens (primary N) is 2. The van der Waals surface area contributed by atoms with E-state index < -0.39 is 0 Å². The van der Waals surface area contributed by atoms with Gasteiger partial charge in [0.15, 0.2) is 0 Å². The molecule has 8 N–H and O–H groups in total. The second-order valence-electron chi connectivity index (χ2n) is 8.32. The number of nitrogens with zero attached hydrogens (tertiary/aromatic N) is 4. The zero-order valence-corrected chi connectivity index (χ0v) is 20.7. The molecule has 35 heavy (non-hydrogen) atoms. The molecule has 12 heteroatoms. The van der Waals surface area contributed by atoms with Crippen molar-refractivity contribution in [3.8, 4) is 0 Å². The van der Waals surface area contributed by atoms with Gasteiger partial charge in [0.25, 0.3) is 0 Å². The summed E-state index contributed by atoms with van der Waals surface area (Å²) in [5.41, 5.74) is 12.1. The van der Waals surface area contributed by atoms with Gasteiger partial charge >= 0.3 is 12.1 Å². The first-order valence-corrected chi connectivity index (χ1v) is 11.2. The van der Waals surface area contributed by atoms with Crippen LogP contribution in [0.3, 0.4) is 0 Å². The monoisotopic (exact) mass is 484 g/mol. The molecule has 2 rings (SSSR count). The fourth-order valence-corrected chi connectivity index (χ4v) is 2.40. The molecule has 0 bridgehead atoms. The average Bonchev–Trinajstić information content (AvgIpc) is 2.77. The van der Waals surface area contributed by atoms with Gasteiger partial charge in [0.1, 0.15) is 0 Å². The lowest BCUT2D eigenvalue weighted by molar-refractivity contribution is 0.236. The van der Waals surface area contributed by atoms with Gasteiger partial charge in [0.2, 0.25) is 11.9 Å². The largest absolute Gasteiger partial charge is 0.369 e. The molecule has 0 aliphatic heterocycles. The lowest BCUT2D eigenvalue weighted by Gasteiger charge is -2.20. The number of rotatable bonds is 6. The molecule has 0 saturated carbocycles. The number of aliphatic imine (C=N–C) groups is 2. The number of aromatic nitrogens is 2. The minimum atomic E-state index is -0.382. The van der Waals surface area contributed by atoms with Crippen LogP contribution >= 0.6 is 0 Å². The number of nitrogens with one attached hydrogen (secondary N) is 4. The molecular formula is C23H36N10O2. The Bertz CT molecular complexity index is 957. The highest BCUT2D eigenvalue weighted by Crippen LogP contribution is 2.07. The number of hydrogen-bond donors (Lipinski definition) is 6. The molecule has 0 atom stereocenters. The molecule has 0 aliphatic rings. The van der Waals surface area contributed by atoms with Crippen molar-refractivity contribution in [1.82, 2.24) is 31.2 Å². The SMILES string of the molecule is CC(C)(C)NC(=O)NC(N)=Nc1ccncc1.CCCCCNC(=O)NC(N)=Nc1ccncc1. The summed E-state index contributed by atoms with van der Waals surface area (Å²) in [4.78, 5) is 38.6. The molecule has 2 aromatic heterocycles. The van der Waals surface area contributed by atoms with E-state index in [9.17, 15) is 9.59 Å². The fourth-order valence-electron chi connectivity index (χ4n) is 2.40. The number of carbonyl (C=O) groups is 2. The third kappa shape index (κ3) is 15.3. The molecule has 12 nitrogen and oxygen atoms in total. The second kappa shape index (κ2) is 15.6. The van der Waals surface area contributed by atoms with E-state index in [1.54, 1.807) is 49.1 Å². The molecule has 190 valence electrons. The van der Waals surface area contributed by atoms with Crippen LogP contribution < -0.4 is 32.7 Å². The van der Waals surface area contributed by atoms with Crippen molar-refractivity contribution in [2.24, 2.45) is 21.5 Å². The van der Waals surface area contributed by atoms with Gasteiger partial charge in [0.05, 0.1) is 11.4 Å². The van der Waals surface area contributed by atoms with Crippen molar-refractivity contribution in [3.05, 3.63) is 49.1 Å². The Morgan fingerprint density at radius 3 is 1.71 bits per heavy atom. The lowest BCUT2D eigenvalue weighted by atomic mass is 10.1. The summed E-state index contributed by atoms with van der Waals surface area (Å²) in [6.07, 6.45) is 9.59. The predicted octanol–water partition coefficient (Wildman–Crippen LogP) is 2.64. The van der Waals surface area contributed by atoms with Gasteiger partial charge in [-0.05, 0) is 51.5 Å². The summed E-state index contributed by atoms with van der Waals surface area (Å²) in [6, 6.07) is 6.07. The van der Waals surface area contributed by atoms with Crippen molar-refractivity contribution in [2.45, 2.75) is 52.5 Å². The van der Waals surface area contributed by atoms with Crippen LogP contribution in [0.25, 0.3) is 0 Å². The molecule has 0 radical (unpaired) electrons. The Balaban J connectivity index is 0.000000351. The Morgan fingerprint density at radius 2 is 1.29 bits per heavy atom. The summed E-state index contributed by atoms with van der Waals surface area (Å²) in [6.45, 7) is 8.38. The van der Waals surface area contributed by atoms with Crippen molar-refractivity contribution in [3.63, 3.8) is 0 Å². The first-order valence-electron chi connectivity index (χ1n) is 11.2. The number of hydrogen-bond acceptors (Lipinski definition) is 6. The van der Waals surface area contributed by atoms with Gasteiger partial charge in [-0.2, -0.15) is 0 Å². The average molecular weight is 485 g/mol. The van der Waals surface area contributed by atoms with E-state index in [4.69, 9.17) is 11.5 Å². The standard InChI is InChI=1S/C12H19N5O.C11H17N5O/c1-2-3-4-7-15-12(18)17-11(13)16-10-5-8-14-9-6-10;1-11(2,3)16-10(17)15-9(12)14-8-4-6-13-7-5-8/h5-6,8-9H,2-4,7H2,1H3,(H4,13,14,15,16,17,18);4-7H,1-3H3,(H4,12,13,14,15,16,17). The summed E-state index contributed by atoms with van der Waals surface area (Å²) in [5, 5.41) is 10.3. The third-order valence-electron chi connectivity index (χ3n) is 3.86. The highest BCUT2D eigenvalue weighted by molar-refractivity contribution is 5.97. The van der Waals surface area contributed by atoms with Gasteiger partial charge in [-0.15, -0.1) is 0 Å². The van der Waals surface area contributed by atoms with Gasteiger partial charge in [-0.1, -0.05) is 19.8 Å². The summed E-state index contributed by atoms with van der Waals surface area (Å²) < 4.78 is 0. The van der Waals surface area contributed by atoms with E-state index in [1.165, 1.54) is 0 Å². The van der Waals surface area contributed by atoms with Crippen molar-refractivity contribution in [2.75, 3.05) is 6.54 Å². The number of amides is 4. The maximum absolute atomic E-state index is 11.5. The summed E-state index contributed by atoms with van der Waals surface area (Å²) in [5.74, 6) is 0.104. The minimum Gasteiger partial charge on any atom is -0.369 e. The molecular weight excluding hydrogens is 448 g/mol. The van der Waals surface area contributed by atoms with Crippen LogP contribution in [0.4, 0.5) is 21.0 Å². The Hall–Kier alpha value is -4.22. The number of urea groups is 2. The van der Waals surface area contributed by atoms with E-state index >= 15 is 0 Å². The highest BCUT2D eigenvalue weighted by atomic mass is 16.2. The Kier molecular flexibility index (Phi) is 12.8. The molecule has 2 heterocycles. The van der Waals surface area contributed by atoms with Crippen LogP contribution in [0, 0.1) is 0 Å². The molecule has 0 saturated heterocycles. The van der Waals surface area contributed by atoms with Gasteiger partial charge < -0.3 is 22.1 Å². The Morgan fingerprint density at radius 1 is 0.829 bits per heavy atom. The topological polar surface area (TPSA) is 185 Å². The zero-order chi connectivity index (χ0) is 26.1. The molecule has 2 aromatic rings. The van der Waals surface area contributed by atoms with E-state index in [1.807, 2.05) is 20.8 Å². The lowest BCUT2D eigenvalue weighted by Crippen LogP contribution is -2.50. The molecule has 0 fully saturated rings. The van der Waals surface area contributed by atoms with Crippen LogP contribution in [-0.2, 0) is 0 Å². The number of carbonyl (C=O) groups excluding carboxylic acids is 2. The molecule has 0 spiro atoms. The smallest absolute Gasteiger partial charge is 0.321 e. The first-order chi connectivity index (χ1) is 16.6. The molecule has 0 unspecified atom stereocenters. The number of pyridine rings is 2. The minimum absolute atomic E-state index is 0.0398. The molecule has 4 amide bonds. The first kappa shape index (κ1) is 28.8. The van der Waals surface area contributed by atoms with Crippen LogP contribution in [-0.4, -0.2) is 46.0 Å². The van der Waals surface area contributed by atoms with Crippen molar-refractivity contribution in [1.29, 1.82) is 0 Å². The zero-order valence-electron chi connectivity index (χ0n) is 20.7. The number of unbranched alkanes of at least 4 members (excludes halogenated alkanes) is 2. The normalized spacial score (nSPS) is 11.5. The second-order valence-corrected chi connectivity index (χ2v) is 8.32. The maximum Gasteiger partial charge on any atom is 0.321 e. The van der Waals surface area contributed by atoms with E-state index in [0.29, 0.717) is 17.9 Å². The van der Waals surface area contributed by atoms with Crippen LogP contribution in [0.5, 0.6) is 0 Å². The third-order valence-corrected chi connectivity index (χ3v) is 3.86. The van der Waals surface area contributed by atoms with E-state index in [-0.39, 0.29) is 29.5 Å². The van der Waals surface area contributed by atoms with Crippen LogP contribution in [0.15, 0.2) is 59.0 Å². The van der Waals surface area contributed by atoms with E-state index in [0.717, 1.165) is 19.3 Å². The van der Waals surface area contributed by atoms with Gasteiger partial charge in [-0.3, -0.25) is 20.6 Å². The maximum atomic E-state index is 11.5. The predicted molar refractivity (Wildman–Crippen MR) is 139 cm³/mol. The van der Waals surface area contributed by atoms with Gasteiger partial charge in [-0.25, -0.2) is 19.6 Å². The quantitative estimate of drug-likeness (QED) is 0.208. The van der Waals surface area contributed by atoms with Crippen LogP contribution in [0.1, 0.15) is 47.0 Å². The van der Waals surface area contributed by atoms with Crippen LogP contribution in [0.2, 0.25) is 0 Å². The summed E-state index contributed by atoms with van der Waals surface area (Å²) >= 11 is 0. The number of guanidine groups is 2. The van der Waals surface area contributed by atoms with Crippen molar-refractivity contribution < 1.29 is 9.59 Å². The fraction of sp³-hybridized carbons (Fsp3) is 0.391. The highest BCUT2D eigenvalue weighted by Gasteiger charge is 2.13. The molecule has 0 aliphatic carbocycles. The van der Waals surface area contributed by atoms with Crippen molar-refractivity contribution >= 4 is 35.4 Å². The van der Waals surface area contributed by atoms with E-state index in [2.05, 4.69) is 48.1 Å². The summed E-state index contributed by atoms with van der Waals surface area (Å²) in [7, 11) is 0. The molecule has 0 aromatic carbocycles. The Labute approximate surface area is 206 Å².